The van der Waals surface area contributed by atoms with Crippen molar-refractivity contribution in [3.8, 4) is 17.2 Å². The molecule has 0 radical (unpaired) electrons. The summed E-state index contributed by atoms with van der Waals surface area (Å²) < 4.78 is 14.8. The second-order valence-corrected chi connectivity index (χ2v) is 6.87. The van der Waals surface area contributed by atoms with Gasteiger partial charge in [-0.05, 0) is 70.0 Å². The first-order valence-corrected chi connectivity index (χ1v) is 8.91. The number of hydrogen-bond acceptors (Lipinski definition) is 1. The molecule has 0 N–H and O–H groups in total. The lowest BCUT2D eigenvalue weighted by Gasteiger charge is -2.28. The van der Waals surface area contributed by atoms with Gasteiger partial charge in [0, 0.05) is 0 Å². The molecule has 0 aliphatic heterocycles. The van der Waals surface area contributed by atoms with E-state index < -0.39 is 6.17 Å². The van der Waals surface area contributed by atoms with Gasteiger partial charge in [0.1, 0.15) is 6.17 Å². The summed E-state index contributed by atoms with van der Waals surface area (Å²) in [6, 6.07) is 20.2. The van der Waals surface area contributed by atoms with Gasteiger partial charge in [-0.1, -0.05) is 49.7 Å². The Hall–Kier alpha value is -2.66. The molecule has 2 heteroatoms. The van der Waals surface area contributed by atoms with Crippen LogP contribution in [-0.4, -0.2) is 0 Å². The Morgan fingerprint density at radius 1 is 1.04 bits per heavy atom. The van der Waals surface area contributed by atoms with E-state index in [1.165, 1.54) is 10.9 Å². The average molecular weight is 329 g/mol. The van der Waals surface area contributed by atoms with Crippen LogP contribution in [-0.2, 0) is 6.42 Å². The van der Waals surface area contributed by atoms with Crippen LogP contribution < -0.4 is 0 Å². The first-order chi connectivity index (χ1) is 12.2. The normalized spacial score (nSPS) is 19.4. The number of fused-ring (bicyclic) bond motifs is 3. The second-order valence-electron chi connectivity index (χ2n) is 6.87. The maximum Gasteiger partial charge on any atom is 0.128 e. The highest BCUT2D eigenvalue weighted by molar-refractivity contribution is 5.91. The summed E-state index contributed by atoms with van der Waals surface area (Å²) >= 11 is 0. The number of nitrogens with zero attached hydrogens (tertiary/aromatic N) is 1. The summed E-state index contributed by atoms with van der Waals surface area (Å²) in [4.78, 5) is 0. The Kier molecular flexibility index (Phi) is 4.01. The number of benzene rings is 3. The predicted octanol–water partition coefficient (Wildman–Crippen LogP) is 6.36. The van der Waals surface area contributed by atoms with E-state index in [4.69, 9.17) is 5.26 Å². The van der Waals surface area contributed by atoms with Crippen molar-refractivity contribution in [2.24, 2.45) is 5.92 Å². The number of nitriles is 1. The predicted molar refractivity (Wildman–Crippen MR) is 100 cm³/mol. The van der Waals surface area contributed by atoms with Gasteiger partial charge in [-0.25, -0.2) is 4.39 Å². The lowest BCUT2D eigenvalue weighted by molar-refractivity contribution is 0.201. The van der Waals surface area contributed by atoms with E-state index in [9.17, 15) is 4.39 Å². The number of rotatable bonds is 2. The van der Waals surface area contributed by atoms with Gasteiger partial charge < -0.3 is 0 Å². The van der Waals surface area contributed by atoms with Gasteiger partial charge in [0.25, 0.3) is 0 Å². The largest absolute Gasteiger partial charge is 0.242 e. The van der Waals surface area contributed by atoms with Gasteiger partial charge in [-0.2, -0.15) is 5.26 Å². The van der Waals surface area contributed by atoms with E-state index in [1.807, 2.05) is 36.4 Å². The molecule has 1 aliphatic rings. The van der Waals surface area contributed by atoms with Gasteiger partial charge in [0.15, 0.2) is 0 Å². The number of halogens is 1. The van der Waals surface area contributed by atoms with E-state index in [2.05, 4.69) is 31.2 Å². The zero-order valence-electron chi connectivity index (χ0n) is 14.3. The van der Waals surface area contributed by atoms with Gasteiger partial charge in [0.05, 0.1) is 11.6 Å². The molecule has 0 bridgehead atoms. The Bertz CT molecular complexity index is 966. The van der Waals surface area contributed by atoms with Crippen LogP contribution in [0, 0.1) is 17.2 Å². The van der Waals surface area contributed by atoms with Crippen molar-refractivity contribution < 1.29 is 4.39 Å². The maximum atomic E-state index is 14.8. The molecular weight excluding hydrogens is 309 g/mol. The smallest absolute Gasteiger partial charge is 0.128 e. The lowest BCUT2D eigenvalue weighted by Crippen LogP contribution is -2.17. The van der Waals surface area contributed by atoms with Crippen LogP contribution in [0.1, 0.15) is 42.6 Å². The Morgan fingerprint density at radius 3 is 2.52 bits per heavy atom. The van der Waals surface area contributed by atoms with Gasteiger partial charge in [0.2, 0.25) is 0 Å². The van der Waals surface area contributed by atoms with E-state index in [0.717, 1.165) is 41.3 Å². The summed E-state index contributed by atoms with van der Waals surface area (Å²) in [7, 11) is 0. The molecule has 1 aliphatic carbocycles. The molecule has 0 aromatic heterocycles. The van der Waals surface area contributed by atoms with Gasteiger partial charge in [-0.15, -0.1) is 0 Å². The molecule has 0 fully saturated rings. The van der Waals surface area contributed by atoms with Crippen LogP contribution in [0.4, 0.5) is 4.39 Å². The van der Waals surface area contributed by atoms with Crippen molar-refractivity contribution in [1.29, 1.82) is 5.26 Å². The van der Waals surface area contributed by atoms with E-state index in [0.29, 0.717) is 5.56 Å². The average Bonchev–Trinajstić information content (AvgIpc) is 2.67. The number of hydrogen-bond donors (Lipinski definition) is 0. The highest BCUT2D eigenvalue weighted by atomic mass is 19.1. The first-order valence-electron chi connectivity index (χ1n) is 8.91. The van der Waals surface area contributed by atoms with Gasteiger partial charge in [-0.3, -0.25) is 0 Å². The number of aryl methyl sites for hydroxylation is 1. The fraction of sp³-hybridized carbons (Fsp3) is 0.261. The molecule has 3 aromatic rings. The molecule has 0 amide bonds. The second kappa shape index (κ2) is 6.33. The van der Waals surface area contributed by atoms with Crippen molar-refractivity contribution in [1.82, 2.24) is 0 Å². The van der Waals surface area contributed by atoms with Crippen LogP contribution in [0.25, 0.3) is 21.9 Å². The lowest BCUT2D eigenvalue weighted by atomic mass is 9.79. The van der Waals surface area contributed by atoms with Crippen LogP contribution in [0.15, 0.2) is 54.6 Å². The Labute approximate surface area is 147 Å². The summed E-state index contributed by atoms with van der Waals surface area (Å²) in [5.41, 5.74) is 4.94. The minimum Gasteiger partial charge on any atom is -0.242 e. The zero-order valence-corrected chi connectivity index (χ0v) is 14.3. The van der Waals surface area contributed by atoms with Crippen molar-refractivity contribution in [3.63, 3.8) is 0 Å². The highest BCUT2D eigenvalue weighted by Crippen LogP contribution is 2.42. The monoisotopic (exact) mass is 329 g/mol. The molecule has 0 saturated carbocycles. The molecule has 2 atom stereocenters. The minimum atomic E-state index is -0.837. The van der Waals surface area contributed by atoms with Crippen molar-refractivity contribution in [2.75, 3.05) is 0 Å². The highest BCUT2D eigenvalue weighted by Gasteiger charge is 2.29. The molecule has 25 heavy (non-hydrogen) atoms. The summed E-state index contributed by atoms with van der Waals surface area (Å²) in [5.74, 6) is 0.155. The first kappa shape index (κ1) is 15.8. The van der Waals surface area contributed by atoms with E-state index >= 15 is 0 Å². The zero-order chi connectivity index (χ0) is 17.4. The molecule has 0 spiro atoms. The Morgan fingerprint density at radius 2 is 1.80 bits per heavy atom. The molecular formula is C23H20FN. The van der Waals surface area contributed by atoms with Crippen LogP contribution in [0.5, 0.6) is 0 Å². The van der Waals surface area contributed by atoms with Crippen molar-refractivity contribution >= 4 is 10.8 Å². The van der Waals surface area contributed by atoms with Crippen LogP contribution in [0.2, 0.25) is 0 Å². The third-order valence-corrected chi connectivity index (χ3v) is 5.52. The fourth-order valence-corrected chi connectivity index (χ4v) is 4.01. The maximum absolute atomic E-state index is 14.8. The molecule has 1 nitrogen and oxygen atoms in total. The standard InChI is InChI=1S/C23H20FN/c1-2-16-7-11-21-20-10-8-18(17-5-3-15(14-25)4-6-17)13-19(20)9-12-22(21)23(16)24/h3-6,8-10,12-13,16,23H,2,7,11H2,1H3/t16-,23+/m0/s1. The Balaban J connectivity index is 1.78. The molecule has 3 aromatic carbocycles. The molecule has 0 saturated heterocycles. The number of alkyl halides is 1. The van der Waals surface area contributed by atoms with Gasteiger partial charge >= 0.3 is 0 Å². The summed E-state index contributed by atoms with van der Waals surface area (Å²) in [5, 5.41) is 11.3. The van der Waals surface area contributed by atoms with Crippen LogP contribution >= 0.6 is 0 Å². The summed E-state index contributed by atoms with van der Waals surface area (Å²) in [6.45, 7) is 2.08. The third-order valence-electron chi connectivity index (χ3n) is 5.52. The molecule has 4 rings (SSSR count). The van der Waals surface area contributed by atoms with E-state index in [-0.39, 0.29) is 5.92 Å². The SMILES string of the molecule is CC[C@H]1CCc2c(ccc3cc(-c4ccc(C#N)cc4)ccc23)[C@@H]1F. The minimum absolute atomic E-state index is 0.155. The fourth-order valence-electron chi connectivity index (χ4n) is 4.01. The summed E-state index contributed by atoms with van der Waals surface area (Å²) in [6.07, 6.45) is 1.95. The van der Waals surface area contributed by atoms with E-state index in [1.54, 1.807) is 0 Å². The quantitative estimate of drug-likeness (QED) is 0.536. The topological polar surface area (TPSA) is 23.8 Å². The molecule has 0 heterocycles. The van der Waals surface area contributed by atoms with Crippen molar-refractivity contribution in [3.05, 3.63) is 71.3 Å². The van der Waals surface area contributed by atoms with Crippen molar-refractivity contribution in [2.45, 2.75) is 32.4 Å². The van der Waals surface area contributed by atoms with Crippen LogP contribution in [0.3, 0.4) is 0 Å². The third kappa shape index (κ3) is 2.70. The molecule has 0 unspecified atom stereocenters. The molecule has 124 valence electrons.